The summed E-state index contributed by atoms with van der Waals surface area (Å²) >= 11 is 1.85. The maximum absolute atomic E-state index is 9.26. The highest BCUT2D eigenvalue weighted by Crippen LogP contribution is 2.54. The highest BCUT2D eigenvalue weighted by Gasteiger charge is 2.50. The second-order valence-electron chi connectivity index (χ2n) is 4.49. The topological polar surface area (TPSA) is 35.8 Å². The van der Waals surface area contributed by atoms with Gasteiger partial charge in [0.15, 0.2) is 0 Å². The molecule has 17 heavy (non-hydrogen) atoms. The summed E-state index contributed by atoms with van der Waals surface area (Å²) in [5, 5.41) is 12.6. The molecule has 0 saturated heterocycles. The maximum atomic E-state index is 9.26. The molecule has 1 N–H and O–H groups in total. The normalized spacial score (nSPS) is 18.4. The van der Waals surface area contributed by atoms with Crippen LogP contribution in [-0.4, -0.2) is 12.8 Å². The predicted molar refractivity (Wildman–Crippen MR) is 71.9 cm³/mol. The molecule has 0 amide bonds. The molecule has 2 rings (SSSR count). The van der Waals surface area contributed by atoms with Gasteiger partial charge in [-0.2, -0.15) is 5.26 Å². The minimum Gasteiger partial charge on any atom is -0.312 e. The number of benzene rings is 1. The van der Waals surface area contributed by atoms with Crippen molar-refractivity contribution in [3.63, 3.8) is 0 Å². The lowest BCUT2D eigenvalue weighted by molar-refractivity contribution is 0.444. The smallest absolute Gasteiger partial charge is 0.0769 e. The molecule has 0 radical (unpaired) electrons. The van der Waals surface area contributed by atoms with Crippen molar-refractivity contribution in [1.82, 2.24) is 5.32 Å². The quantitative estimate of drug-likeness (QED) is 0.809. The van der Waals surface area contributed by atoms with Gasteiger partial charge in [0.1, 0.15) is 0 Å². The summed E-state index contributed by atoms with van der Waals surface area (Å²) in [6.07, 6.45) is 2.03. The molecule has 0 bridgehead atoms. The zero-order valence-electron chi connectivity index (χ0n) is 10.4. The molecule has 90 valence electrons. The van der Waals surface area contributed by atoms with E-state index < -0.39 is 0 Å². The number of nitrogens with one attached hydrogen (secondary N) is 1. The molecule has 0 aliphatic heterocycles. The van der Waals surface area contributed by atoms with Gasteiger partial charge in [-0.3, -0.25) is 0 Å². The summed E-state index contributed by atoms with van der Waals surface area (Å²) in [5.41, 5.74) is 1.07. The van der Waals surface area contributed by atoms with E-state index in [9.17, 15) is 5.26 Å². The average Bonchev–Trinajstić information content (AvgIpc) is 3.14. The molecule has 1 aliphatic rings. The largest absolute Gasteiger partial charge is 0.312 e. The molecule has 1 saturated carbocycles. The highest BCUT2D eigenvalue weighted by atomic mass is 32.2. The third kappa shape index (κ3) is 2.48. The van der Waals surface area contributed by atoms with E-state index in [-0.39, 0.29) is 11.5 Å². The van der Waals surface area contributed by atoms with Crippen molar-refractivity contribution >= 4 is 11.8 Å². The van der Waals surface area contributed by atoms with E-state index >= 15 is 0 Å². The Bertz CT molecular complexity index is 415. The van der Waals surface area contributed by atoms with E-state index in [4.69, 9.17) is 0 Å². The van der Waals surface area contributed by atoms with Crippen LogP contribution in [0.4, 0.5) is 0 Å². The third-order valence-corrected chi connectivity index (χ3v) is 4.27. The molecule has 2 nitrogen and oxygen atoms in total. The number of thioether (sulfide) groups is 1. The van der Waals surface area contributed by atoms with E-state index in [1.54, 1.807) is 0 Å². The Balaban J connectivity index is 2.18. The first-order chi connectivity index (χ1) is 8.25. The van der Waals surface area contributed by atoms with Crippen LogP contribution < -0.4 is 5.32 Å². The van der Waals surface area contributed by atoms with Gasteiger partial charge in [0.2, 0.25) is 0 Å². The fourth-order valence-corrected chi connectivity index (χ4v) is 2.95. The van der Waals surface area contributed by atoms with Crippen molar-refractivity contribution in [2.75, 3.05) is 12.8 Å². The molecule has 1 aliphatic carbocycles. The van der Waals surface area contributed by atoms with Gasteiger partial charge in [-0.05, 0) is 43.3 Å². The van der Waals surface area contributed by atoms with Crippen molar-refractivity contribution in [3.05, 3.63) is 29.8 Å². The van der Waals surface area contributed by atoms with Crippen molar-refractivity contribution in [2.45, 2.75) is 30.7 Å². The summed E-state index contributed by atoms with van der Waals surface area (Å²) in [6.45, 7) is 2.16. The summed E-state index contributed by atoms with van der Waals surface area (Å²) in [7, 11) is 1.94. The standard InChI is InChI=1S/C14H18N2S/c1-3-17-12-6-4-11(5-7-12)13(16-2)14(10-15)8-9-14/h4-7,13,16H,3,8-9H2,1-2H3. The third-order valence-electron chi connectivity index (χ3n) is 3.38. The lowest BCUT2D eigenvalue weighted by Crippen LogP contribution is -2.25. The molecule has 1 aromatic carbocycles. The van der Waals surface area contributed by atoms with Gasteiger partial charge in [-0.15, -0.1) is 11.8 Å². The molecular weight excluding hydrogens is 228 g/mol. The first kappa shape index (κ1) is 12.5. The predicted octanol–water partition coefficient (Wildman–Crippen LogP) is 3.36. The fraction of sp³-hybridized carbons (Fsp3) is 0.500. The molecule has 0 spiro atoms. The second kappa shape index (κ2) is 5.12. The van der Waals surface area contributed by atoms with Crippen LogP contribution in [0.5, 0.6) is 0 Å². The van der Waals surface area contributed by atoms with Crippen molar-refractivity contribution in [1.29, 1.82) is 5.26 Å². The molecule has 0 aromatic heterocycles. The Labute approximate surface area is 107 Å². The summed E-state index contributed by atoms with van der Waals surface area (Å²) < 4.78 is 0. The lowest BCUT2D eigenvalue weighted by Gasteiger charge is -2.21. The maximum Gasteiger partial charge on any atom is 0.0769 e. The SMILES string of the molecule is CCSc1ccc(C(NC)C2(C#N)CC2)cc1. The van der Waals surface area contributed by atoms with E-state index in [1.165, 1.54) is 10.5 Å². The van der Waals surface area contributed by atoms with Gasteiger partial charge in [0.25, 0.3) is 0 Å². The first-order valence-electron chi connectivity index (χ1n) is 6.07. The Morgan fingerprint density at radius 3 is 2.47 bits per heavy atom. The van der Waals surface area contributed by atoms with Gasteiger partial charge in [0, 0.05) is 4.90 Å². The monoisotopic (exact) mass is 246 g/mol. The summed E-state index contributed by atoms with van der Waals surface area (Å²) in [4.78, 5) is 1.30. The minimum atomic E-state index is -0.159. The molecule has 1 unspecified atom stereocenters. The van der Waals surface area contributed by atoms with Crippen LogP contribution >= 0.6 is 11.8 Å². The Morgan fingerprint density at radius 2 is 2.06 bits per heavy atom. The Kier molecular flexibility index (Phi) is 3.76. The van der Waals surface area contributed by atoms with Crippen LogP contribution in [0.1, 0.15) is 31.4 Å². The van der Waals surface area contributed by atoms with Crippen molar-refractivity contribution < 1.29 is 0 Å². The minimum absolute atomic E-state index is 0.159. The van der Waals surface area contributed by atoms with E-state index in [0.29, 0.717) is 0 Å². The number of hydrogen-bond acceptors (Lipinski definition) is 3. The highest BCUT2D eigenvalue weighted by molar-refractivity contribution is 7.99. The van der Waals surface area contributed by atoms with Crippen molar-refractivity contribution in [2.24, 2.45) is 5.41 Å². The van der Waals surface area contributed by atoms with Crippen LogP contribution in [-0.2, 0) is 0 Å². The van der Waals surface area contributed by atoms with E-state index in [1.807, 2.05) is 18.8 Å². The van der Waals surface area contributed by atoms with Crippen LogP contribution in [0.25, 0.3) is 0 Å². The summed E-state index contributed by atoms with van der Waals surface area (Å²) in [5.74, 6) is 1.09. The van der Waals surface area contributed by atoms with Gasteiger partial charge in [-0.1, -0.05) is 19.1 Å². The second-order valence-corrected chi connectivity index (χ2v) is 5.83. The number of nitrogens with zero attached hydrogens (tertiary/aromatic N) is 1. The Morgan fingerprint density at radius 1 is 1.41 bits per heavy atom. The molecule has 1 atom stereocenters. The number of nitriles is 1. The van der Waals surface area contributed by atoms with E-state index in [0.717, 1.165) is 18.6 Å². The molecule has 1 aromatic rings. The summed E-state index contributed by atoms with van der Waals surface area (Å²) in [6, 6.07) is 11.3. The molecular formula is C14H18N2S. The average molecular weight is 246 g/mol. The van der Waals surface area contributed by atoms with Crippen LogP contribution in [0.2, 0.25) is 0 Å². The zero-order valence-corrected chi connectivity index (χ0v) is 11.2. The fourth-order valence-electron chi connectivity index (χ4n) is 2.28. The number of hydrogen-bond donors (Lipinski definition) is 1. The van der Waals surface area contributed by atoms with Gasteiger partial charge < -0.3 is 5.32 Å². The molecule has 0 heterocycles. The molecule has 1 fully saturated rings. The van der Waals surface area contributed by atoms with Crippen LogP contribution in [0, 0.1) is 16.7 Å². The molecule has 3 heteroatoms. The van der Waals surface area contributed by atoms with Gasteiger partial charge in [0.05, 0.1) is 17.5 Å². The van der Waals surface area contributed by atoms with Gasteiger partial charge >= 0.3 is 0 Å². The zero-order chi connectivity index (χ0) is 12.3. The Hall–Kier alpha value is -0.980. The van der Waals surface area contributed by atoms with Crippen LogP contribution in [0.15, 0.2) is 29.2 Å². The van der Waals surface area contributed by atoms with Crippen molar-refractivity contribution in [3.8, 4) is 6.07 Å². The van der Waals surface area contributed by atoms with Gasteiger partial charge in [-0.25, -0.2) is 0 Å². The van der Waals surface area contributed by atoms with E-state index in [2.05, 4.69) is 42.6 Å². The van der Waals surface area contributed by atoms with Crippen LogP contribution in [0.3, 0.4) is 0 Å². The number of rotatable bonds is 5. The lowest BCUT2D eigenvalue weighted by atomic mass is 9.91. The first-order valence-corrected chi connectivity index (χ1v) is 7.05.